The van der Waals surface area contributed by atoms with Crippen LogP contribution in [0.3, 0.4) is 0 Å². The molecule has 1 heterocycles. The highest BCUT2D eigenvalue weighted by molar-refractivity contribution is 6.44. The standard InChI is InChI=1S/C16H8Cl2N4O2/c17-14-9(5-6-13(15(14)18)22(23)24)7-10(8-19)16-20-11-3-1-2-4-12(11)21-16/h1-7H,(H,20,21). The second-order valence-electron chi connectivity index (χ2n) is 4.83. The van der Waals surface area contributed by atoms with Crippen molar-refractivity contribution < 1.29 is 4.92 Å². The minimum atomic E-state index is -0.619. The van der Waals surface area contributed by atoms with E-state index in [4.69, 9.17) is 23.2 Å². The highest BCUT2D eigenvalue weighted by Gasteiger charge is 2.18. The van der Waals surface area contributed by atoms with Crippen LogP contribution in [0.1, 0.15) is 11.4 Å². The van der Waals surface area contributed by atoms with Gasteiger partial charge in [-0.2, -0.15) is 5.26 Å². The third-order valence-electron chi connectivity index (χ3n) is 3.35. The summed E-state index contributed by atoms with van der Waals surface area (Å²) >= 11 is 12.0. The fraction of sp³-hybridized carbons (Fsp3) is 0. The fourth-order valence-corrected chi connectivity index (χ4v) is 2.65. The fourth-order valence-electron chi connectivity index (χ4n) is 2.20. The number of nitrogens with one attached hydrogen (secondary N) is 1. The summed E-state index contributed by atoms with van der Waals surface area (Å²) in [7, 11) is 0. The number of nitriles is 1. The van der Waals surface area contributed by atoms with Crippen molar-refractivity contribution in [2.75, 3.05) is 0 Å². The van der Waals surface area contributed by atoms with Gasteiger partial charge in [-0.05, 0) is 29.8 Å². The first-order valence-corrected chi connectivity index (χ1v) is 7.46. The maximum Gasteiger partial charge on any atom is 0.289 e. The van der Waals surface area contributed by atoms with Gasteiger partial charge in [-0.3, -0.25) is 10.1 Å². The maximum absolute atomic E-state index is 10.9. The molecule has 0 unspecified atom stereocenters. The van der Waals surface area contributed by atoms with E-state index in [0.29, 0.717) is 11.4 Å². The average Bonchev–Trinajstić information content (AvgIpc) is 2.99. The number of rotatable bonds is 3. The number of H-pyrrole nitrogens is 1. The molecule has 0 aliphatic rings. The number of fused-ring (bicyclic) bond motifs is 1. The van der Waals surface area contributed by atoms with Crippen molar-refractivity contribution >= 4 is 51.6 Å². The third-order valence-corrected chi connectivity index (χ3v) is 4.24. The summed E-state index contributed by atoms with van der Waals surface area (Å²) in [5.74, 6) is 0.379. The van der Waals surface area contributed by atoms with Gasteiger partial charge in [0, 0.05) is 6.07 Å². The average molecular weight is 359 g/mol. The van der Waals surface area contributed by atoms with E-state index in [9.17, 15) is 15.4 Å². The van der Waals surface area contributed by atoms with Crippen molar-refractivity contribution in [2.24, 2.45) is 0 Å². The quantitative estimate of drug-likeness (QED) is 0.411. The number of hydrogen-bond acceptors (Lipinski definition) is 4. The molecule has 0 saturated heterocycles. The molecule has 0 atom stereocenters. The molecule has 0 radical (unpaired) electrons. The van der Waals surface area contributed by atoms with Gasteiger partial charge in [0.05, 0.1) is 26.6 Å². The van der Waals surface area contributed by atoms with Crippen LogP contribution in [-0.2, 0) is 0 Å². The summed E-state index contributed by atoms with van der Waals surface area (Å²) in [5, 5.41) is 20.1. The minimum Gasteiger partial charge on any atom is -0.337 e. The minimum absolute atomic E-state index is 0.00901. The Labute approximate surface area is 146 Å². The number of halogens is 2. The molecule has 0 spiro atoms. The molecule has 0 fully saturated rings. The molecule has 0 aliphatic heterocycles. The predicted molar refractivity (Wildman–Crippen MR) is 92.7 cm³/mol. The molecule has 2 aromatic carbocycles. The summed E-state index contributed by atoms with van der Waals surface area (Å²) in [6.07, 6.45) is 1.48. The molecule has 0 aliphatic carbocycles. The van der Waals surface area contributed by atoms with Crippen LogP contribution in [0.25, 0.3) is 22.7 Å². The first-order valence-electron chi connectivity index (χ1n) is 6.70. The van der Waals surface area contributed by atoms with E-state index >= 15 is 0 Å². The zero-order valence-corrected chi connectivity index (χ0v) is 13.5. The summed E-state index contributed by atoms with van der Waals surface area (Å²) < 4.78 is 0. The number of para-hydroxylation sites is 2. The molecule has 1 aromatic heterocycles. The van der Waals surface area contributed by atoms with Gasteiger partial charge in [-0.25, -0.2) is 4.98 Å². The third kappa shape index (κ3) is 2.83. The van der Waals surface area contributed by atoms with E-state index in [-0.39, 0.29) is 21.3 Å². The largest absolute Gasteiger partial charge is 0.337 e. The van der Waals surface area contributed by atoms with Crippen LogP contribution in [0.2, 0.25) is 10.0 Å². The predicted octanol–water partition coefficient (Wildman–Crippen LogP) is 4.84. The molecule has 3 aromatic rings. The summed E-state index contributed by atoms with van der Waals surface area (Å²) in [4.78, 5) is 17.6. The maximum atomic E-state index is 10.9. The van der Waals surface area contributed by atoms with Gasteiger partial charge in [0.15, 0.2) is 0 Å². The van der Waals surface area contributed by atoms with E-state index in [1.54, 1.807) is 0 Å². The van der Waals surface area contributed by atoms with Gasteiger partial charge in [0.25, 0.3) is 5.69 Å². The zero-order chi connectivity index (χ0) is 17.3. The molecule has 3 rings (SSSR count). The van der Waals surface area contributed by atoms with Crippen molar-refractivity contribution in [3.8, 4) is 6.07 Å². The van der Waals surface area contributed by atoms with Gasteiger partial charge < -0.3 is 4.98 Å². The van der Waals surface area contributed by atoms with Gasteiger partial charge in [-0.1, -0.05) is 35.3 Å². The lowest BCUT2D eigenvalue weighted by Crippen LogP contribution is -1.91. The lowest BCUT2D eigenvalue weighted by Gasteiger charge is -2.03. The lowest BCUT2D eigenvalue weighted by molar-refractivity contribution is -0.384. The van der Waals surface area contributed by atoms with Crippen LogP contribution in [0, 0.1) is 21.4 Å². The monoisotopic (exact) mass is 358 g/mol. The number of nitrogens with zero attached hydrogens (tertiary/aromatic N) is 3. The summed E-state index contributed by atoms with van der Waals surface area (Å²) in [5.41, 5.74) is 1.85. The first-order chi connectivity index (χ1) is 11.5. The van der Waals surface area contributed by atoms with Gasteiger partial charge in [0.1, 0.15) is 16.9 Å². The van der Waals surface area contributed by atoms with Crippen molar-refractivity contribution in [1.29, 1.82) is 5.26 Å². The van der Waals surface area contributed by atoms with E-state index in [1.165, 1.54) is 18.2 Å². The topological polar surface area (TPSA) is 95.6 Å². The number of nitro groups is 1. The Morgan fingerprint density at radius 2 is 2.00 bits per heavy atom. The molecule has 8 heteroatoms. The molecule has 0 saturated carbocycles. The smallest absolute Gasteiger partial charge is 0.289 e. The summed E-state index contributed by atoms with van der Waals surface area (Å²) in [6.45, 7) is 0. The number of aromatic amines is 1. The second kappa shape index (κ2) is 6.32. The van der Waals surface area contributed by atoms with Crippen LogP contribution in [-0.4, -0.2) is 14.9 Å². The van der Waals surface area contributed by atoms with Gasteiger partial charge in [-0.15, -0.1) is 0 Å². The molecular weight excluding hydrogens is 351 g/mol. The van der Waals surface area contributed by atoms with Gasteiger partial charge >= 0.3 is 0 Å². The number of imidazole rings is 1. The number of nitro benzene ring substituents is 1. The van der Waals surface area contributed by atoms with Crippen LogP contribution < -0.4 is 0 Å². The molecule has 6 nitrogen and oxygen atoms in total. The number of allylic oxidation sites excluding steroid dienone is 1. The zero-order valence-electron chi connectivity index (χ0n) is 12.0. The Kier molecular flexibility index (Phi) is 4.21. The van der Waals surface area contributed by atoms with Crippen LogP contribution in [0.4, 0.5) is 5.69 Å². The van der Waals surface area contributed by atoms with E-state index < -0.39 is 4.92 Å². The molecule has 0 amide bonds. The second-order valence-corrected chi connectivity index (χ2v) is 5.59. The highest BCUT2D eigenvalue weighted by Crippen LogP contribution is 2.35. The number of hydrogen-bond donors (Lipinski definition) is 1. The van der Waals surface area contributed by atoms with Crippen molar-refractivity contribution in [1.82, 2.24) is 9.97 Å². The molecule has 24 heavy (non-hydrogen) atoms. The Balaban J connectivity index is 2.10. The van der Waals surface area contributed by atoms with Crippen LogP contribution in [0.5, 0.6) is 0 Å². The van der Waals surface area contributed by atoms with Crippen molar-refractivity contribution in [3.05, 3.63) is 67.9 Å². The van der Waals surface area contributed by atoms with Crippen LogP contribution in [0.15, 0.2) is 36.4 Å². The molecular formula is C16H8Cl2N4O2. The Morgan fingerprint density at radius 3 is 2.67 bits per heavy atom. The molecule has 0 bridgehead atoms. The Bertz CT molecular complexity index is 1000. The molecule has 118 valence electrons. The Morgan fingerprint density at radius 1 is 1.25 bits per heavy atom. The first kappa shape index (κ1) is 16.0. The van der Waals surface area contributed by atoms with Crippen LogP contribution >= 0.6 is 23.2 Å². The van der Waals surface area contributed by atoms with E-state index in [2.05, 4.69) is 9.97 Å². The van der Waals surface area contributed by atoms with Crippen molar-refractivity contribution in [2.45, 2.75) is 0 Å². The Hall–Kier alpha value is -2.88. The van der Waals surface area contributed by atoms with Crippen molar-refractivity contribution in [3.63, 3.8) is 0 Å². The normalized spacial score (nSPS) is 11.5. The highest BCUT2D eigenvalue weighted by atomic mass is 35.5. The number of benzene rings is 2. The number of aromatic nitrogens is 2. The molecule has 1 N–H and O–H groups in total. The van der Waals surface area contributed by atoms with E-state index in [1.807, 2.05) is 30.3 Å². The van der Waals surface area contributed by atoms with Gasteiger partial charge in [0.2, 0.25) is 0 Å². The summed E-state index contributed by atoms with van der Waals surface area (Å²) in [6, 6.07) is 12.1. The SMILES string of the molecule is N#CC(=Cc1ccc([N+](=O)[O-])c(Cl)c1Cl)c1nc2ccccc2[nH]1. The van der Waals surface area contributed by atoms with E-state index in [0.717, 1.165) is 11.0 Å². The lowest BCUT2D eigenvalue weighted by atomic mass is 10.1.